The zero-order valence-electron chi connectivity index (χ0n) is 12.8. The first kappa shape index (κ1) is 15.8. The minimum atomic E-state index is 0.309. The second-order valence-electron chi connectivity index (χ2n) is 5.31. The molecule has 3 nitrogen and oxygen atoms in total. The Balaban J connectivity index is 2.63. The van der Waals surface area contributed by atoms with E-state index in [0.29, 0.717) is 6.04 Å². The van der Waals surface area contributed by atoms with Crippen LogP contribution in [0.25, 0.3) is 0 Å². The fourth-order valence-corrected chi connectivity index (χ4v) is 1.91. The fraction of sp³-hybridized carbons (Fsp3) is 0.625. The topological polar surface area (TPSA) is 30.5 Å². The van der Waals surface area contributed by atoms with Gasteiger partial charge in [-0.05, 0) is 50.4 Å². The Hall–Kier alpha value is -1.22. The van der Waals surface area contributed by atoms with Gasteiger partial charge in [-0.3, -0.25) is 0 Å². The lowest BCUT2D eigenvalue weighted by atomic mass is 10.1. The fourth-order valence-electron chi connectivity index (χ4n) is 1.91. The molecule has 1 rings (SSSR count). The lowest BCUT2D eigenvalue weighted by Gasteiger charge is -2.15. The molecule has 1 unspecified atom stereocenters. The number of methoxy groups -OCH3 is 1. The molecule has 0 fully saturated rings. The van der Waals surface area contributed by atoms with Crippen molar-refractivity contribution in [3.05, 3.63) is 23.8 Å². The van der Waals surface area contributed by atoms with Crippen LogP contribution >= 0.6 is 0 Å². The predicted molar refractivity (Wildman–Crippen MR) is 80.0 cm³/mol. The molecule has 19 heavy (non-hydrogen) atoms. The normalized spacial score (nSPS) is 12.5. The zero-order chi connectivity index (χ0) is 14.3. The first-order valence-corrected chi connectivity index (χ1v) is 7.06. The molecule has 1 atom stereocenters. The Kier molecular flexibility index (Phi) is 6.71. The monoisotopic (exact) mass is 265 g/mol. The van der Waals surface area contributed by atoms with E-state index in [1.165, 1.54) is 12.0 Å². The summed E-state index contributed by atoms with van der Waals surface area (Å²) < 4.78 is 11.2. The Morgan fingerprint density at radius 2 is 1.89 bits per heavy atom. The molecule has 3 heteroatoms. The summed E-state index contributed by atoms with van der Waals surface area (Å²) >= 11 is 0. The number of hydrogen-bond acceptors (Lipinski definition) is 3. The average Bonchev–Trinajstić information content (AvgIpc) is 2.42. The molecule has 0 bridgehead atoms. The zero-order valence-corrected chi connectivity index (χ0v) is 12.8. The number of rotatable bonds is 8. The molecule has 1 aromatic rings. The van der Waals surface area contributed by atoms with Crippen molar-refractivity contribution in [3.63, 3.8) is 0 Å². The van der Waals surface area contributed by atoms with Gasteiger partial charge in [-0.15, -0.1) is 0 Å². The largest absolute Gasteiger partial charge is 0.493 e. The maximum Gasteiger partial charge on any atom is 0.161 e. The van der Waals surface area contributed by atoms with Crippen molar-refractivity contribution >= 4 is 0 Å². The summed E-state index contributed by atoms with van der Waals surface area (Å²) in [6, 6.07) is 6.43. The molecule has 0 aromatic heterocycles. The molecule has 0 amide bonds. The van der Waals surface area contributed by atoms with Gasteiger partial charge in [-0.25, -0.2) is 0 Å². The molecule has 0 aliphatic heterocycles. The molecule has 0 saturated heterocycles. The summed E-state index contributed by atoms with van der Waals surface area (Å²) in [6.07, 6.45) is 2.27. The molecular formula is C16H27NO2. The summed E-state index contributed by atoms with van der Waals surface area (Å²) in [5.74, 6) is 2.37. The molecule has 0 radical (unpaired) electrons. The van der Waals surface area contributed by atoms with Crippen molar-refractivity contribution in [2.24, 2.45) is 5.92 Å². The lowest BCUT2D eigenvalue weighted by Crippen LogP contribution is -2.12. The van der Waals surface area contributed by atoms with Crippen molar-refractivity contribution in [1.82, 2.24) is 5.32 Å². The molecule has 1 N–H and O–H groups in total. The first-order chi connectivity index (χ1) is 9.08. The van der Waals surface area contributed by atoms with Crippen LogP contribution in [0.2, 0.25) is 0 Å². The molecule has 0 heterocycles. The molecule has 108 valence electrons. The summed E-state index contributed by atoms with van der Waals surface area (Å²) in [5, 5.41) is 3.22. The van der Waals surface area contributed by atoms with Crippen LogP contribution in [0.1, 0.15) is 45.2 Å². The molecule has 0 saturated carbocycles. The van der Waals surface area contributed by atoms with E-state index in [1.807, 2.05) is 19.2 Å². The highest BCUT2D eigenvalue weighted by Gasteiger charge is 2.09. The number of ether oxygens (including phenoxy) is 2. The van der Waals surface area contributed by atoms with Gasteiger partial charge in [0.1, 0.15) is 0 Å². The third-order valence-electron chi connectivity index (χ3n) is 3.30. The van der Waals surface area contributed by atoms with Gasteiger partial charge in [0.05, 0.1) is 13.7 Å². The van der Waals surface area contributed by atoms with E-state index >= 15 is 0 Å². The second kappa shape index (κ2) is 8.05. The van der Waals surface area contributed by atoms with E-state index in [1.54, 1.807) is 7.11 Å². The smallest absolute Gasteiger partial charge is 0.161 e. The number of hydrogen-bond donors (Lipinski definition) is 1. The van der Waals surface area contributed by atoms with Crippen molar-refractivity contribution in [2.75, 3.05) is 20.8 Å². The van der Waals surface area contributed by atoms with Crippen molar-refractivity contribution < 1.29 is 9.47 Å². The highest BCUT2D eigenvalue weighted by molar-refractivity contribution is 5.43. The SMILES string of the molecule is CNC(C)c1ccc(OCCCC(C)C)c(OC)c1. The summed E-state index contributed by atoms with van der Waals surface area (Å²) in [4.78, 5) is 0. The molecule has 0 aliphatic carbocycles. The molecule has 0 aliphatic rings. The van der Waals surface area contributed by atoms with Crippen molar-refractivity contribution in [2.45, 2.75) is 39.7 Å². The minimum absolute atomic E-state index is 0.309. The van der Waals surface area contributed by atoms with Gasteiger partial charge in [-0.1, -0.05) is 19.9 Å². The van der Waals surface area contributed by atoms with Gasteiger partial charge in [0.2, 0.25) is 0 Å². The van der Waals surface area contributed by atoms with E-state index < -0.39 is 0 Å². The lowest BCUT2D eigenvalue weighted by molar-refractivity contribution is 0.279. The van der Waals surface area contributed by atoms with Gasteiger partial charge in [0.25, 0.3) is 0 Å². The standard InChI is InChI=1S/C16H27NO2/c1-12(2)7-6-10-19-15-9-8-14(13(3)17-4)11-16(15)18-5/h8-9,11-13,17H,6-7,10H2,1-5H3. The Morgan fingerprint density at radius 3 is 2.47 bits per heavy atom. The minimum Gasteiger partial charge on any atom is -0.493 e. The van der Waals surface area contributed by atoms with Crippen LogP contribution in [-0.2, 0) is 0 Å². The van der Waals surface area contributed by atoms with Crippen LogP contribution in [0.15, 0.2) is 18.2 Å². The van der Waals surface area contributed by atoms with E-state index in [0.717, 1.165) is 30.4 Å². The number of benzene rings is 1. The van der Waals surface area contributed by atoms with Crippen LogP contribution < -0.4 is 14.8 Å². The van der Waals surface area contributed by atoms with E-state index in [9.17, 15) is 0 Å². The summed E-state index contributed by atoms with van der Waals surface area (Å²) in [6.45, 7) is 7.33. The van der Waals surface area contributed by atoms with E-state index in [4.69, 9.17) is 9.47 Å². The molecule has 0 spiro atoms. The van der Waals surface area contributed by atoms with Gasteiger partial charge < -0.3 is 14.8 Å². The van der Waals surface area contributed by atoms with Gasteiger partial charge in [-0.2, -0.15) is 0 Å². The Morgan fingerprint density at radius 1 is 1.16 bits per heavy atom. The molecular weight excluding hydrogens is 238 g/mol. The van der Waals surface area contributed by atoms with Crippen LogP contribution in [-0.4, -0.2) is 20.8 Å². The van der Waals surface area contributed by atoms with Gasteiger partial charge in [0.15, 0.2) is 11.5 Å². The van der Waals surface area contributed by atoms with Crippen molar-refractivity contribution in [3.8, 4) is 11.5 Å². The van der Waals surface area contributed by atoms with Crippen LogP contribution in [0.5, 0.6) is 11.5 Å². The average molecular weight is 265 g/mol. The predicted octanol–water partition coefficient (Wildman–Crippen LogP) is 3.79. The summed E-state index contributed by atoms with van der Waals surface area (Å²) in [7, 11) is 3.64. The third kappa shape index (κ3) is 5.11. The third-order valence-corrected chi connectivity index (χ3v) is 3.30. The first-order valence-electron chi connectivity index (χ1n) is 7.06. The second-order valence-corrected chi connectivity index (χ2v) is 5.31. The van der Waals surface area contributed by atoms with E-state index in [-0.39, 0.29) is 0 Å². The maximum absolute atomic E-state index is 5.80. The van der Waals surface area contributed by atoms with E-state index in [2.05, 4.69) is 32.2 Å². The maximum atomic E-state index is 5.80. The van der Waals surface area contributed by atoms with Gasteiger partial charge >= 0.3 is 0 Å². The van der Waals surface area contributed by atoms with Crippen LogP contribution in [0.4, 0.5) is 0 Å². The van der Waals surface area contributed by atoms with Crippen LogP contribution in [0.3, 0.4) is 0 Å². The number of nitrogens with one attached hydrogen (secondary N) is 1. The Bertz CT molecular complexity index is 377. The Labute approximate surface area is 117 Å². The van der Waals surface area contributed by atoms with Crippen LogP contribution in [0, 0.1) is 5.92 Å². The highest BCUT2D eigenvalue weighted by Crippen LogP contribution is 2.30. The van der Waals surface area contributed by atoms with Crippen molar-refractivity contribution in [1.29, 1.82) is 0 Å². The van der Waals surface area contributed by atoms with Gasteiger partial charge in [0, 0.05) is 6.04 Å². The summed E-state index contributed by atoms with van der Waals surface area (Å²) in [5.41, 5.74) is 1.20. The quantitative estimate of drug-likeness (QED) is 0.725. The molecule has 1 aromatic carbocycles. The highest BCUT2D eigenvalue weighted by atomic mass is 16.5.